The zero-order valence-electron chi connectivity index (χ0n) is 11.0. The Kier molecular flexibility index (Phi) is 4.69. The maximum atomic E-state index is 12.3. The molecule has 8 heteroatoms. The van der Waals surface area contributed by atoms with Crippen LogP contribution in [0.2, 0.25) is 0 Å². The number of hydrogen-bond donors (Lipinski definition) is 3. The summed E-state index contributed by atoms with van der Waals surface area (Å²) < 4.78 is 0.708. The smallest absolute Gasteiger partial charge is 0.255 e. The summed E-state index contributed by atoms with van der Waals surface area (Å²) in [6.07, 6.45) is 1.57. The molecule has 0 aliphatic carbocycles. The number of halogens is 1. The quantitative estimate of drug-likeness (QED) is 0.578. The van der Waals surface area contributed by atoms with Crippen LogP contribution in [0.1, 0.15) is 34.0 Å². The van der Waals surface area contributed by atoms with E-state index >= 15 is 0 Å². The number of aromatic nitrogens is 2. The van der Waals surface area contributed by atoms with Gasteiger partial charge in [0.1, 0.15) is 5.01 Å². The number of aryl methyl sites for hydroxylation is 1. The number of amides is 1. The first-order chi connectivity index (χ1) is 9.51. The monoisotopic (exact) mass is 355 g/mol. The summed E-state index contributed by atoms with van der Waals surface area (Å²) in [4.78, 5) is 20.7. The van der Waals surface area contributed by atoms with Gasteiger partial charge < -0.3 is 10.7 Å². The maximum Gasteiger partial charge on any atom is 0.255 e. The lowest BCUT2D eigenvalue weighted by Gasteiger charge is -2.13. The van der Waals surface area contributed by atoms with Crippen LogP contribution in [0, 0.1) is 6.92 Å². The van der Waals surface area contributed by atoms with E-state index in [-0.39, 0.29) is 11.9 Å². The number of hydrogen-bond acceptors (Lipinski definition) is 6. The lowest BCUT2D eigenvalue weighted by molar-refractivity contribution is 0.0940. The molecule has 0 radical (unpaired) electrons. The second-order valence-corrected chi connectivity index (χ2v) is 6.02. The van der Waals surface area contributed by atoms with Crippen molar-refractivity contribution in [3.05, 3.63) is 38.4 Å². The number of rotatable bonds is 4. The molecule has 2 aromatic heterocycles. The molecule has 0 aliphatic heterocycles. The molecule has 1 amide bonds. The van der Waals surface area contributed by atoms with E-state index in [1.807, 2.05) is 19.2 Å². The Morgan fingerprint density at radius 3 is 2.90 bits per heavy atom. The Morgan fingerprint density at radius 1 is 1.55 bits per heavy atom. The highest BCUT2D eigenvalue weighted by Crippen LogP contribution is 2.21. The maximum absolute atomic E-state index is 12.3. The van der Waals surface area contributed by atoms with Crippen molar-refractivity contribution in [3.8, 4) is 0 Å². The highest BCUT2D eigenvalue weighted by Gasteiger charge is 2.17. The van der Waals surface area contributed by atoms with E-state index in [0.29, 0.717) is 15.9 Å². The number of pyridine rings is 1. The Bertz CT molecular complexity index is 630. The summed E-state index contributed by atoms with van der Waals surface area (Å²) in [5.41, 5.74) is 3.74. The van der Waals surface area contributed by atoms with Crippen LogP contribution < -0.4 is 16.6 Å². The molecule has 0 saturated heterocycles. The van der Waals surface area contributed by atoms with Crippen LogP contribution in [0.4, 0.5) is 5.82 Å². The molecule has 0 aromatic carbocycles. The van der Waals surface area contributed by atoms with Crippen LogP contribution in [-0.4, -0.2) is 15.9 Å². The van der Waals surface area contributed by atoms with Gasteiger partial charge in [-0.2, -0.15) is 0 Å². The lowest BCUT2D eigenvalue weighted by Crippen LogP contribution is -2.28. The Labute approximate surface area is 128 Å². The molecule has 20 heavy (non-hydrogen) atoms. The lowest BCUT2D eigenvalue weighted by atomic mass is 10.2. The molecule has 1 atom stereocenters. The van der Waals surface area contributed by atoms with Gasteiger partial charge in [-0.05, 0) is 35.8 Å². The van der Waals surface area contributed by atoms with E-state index < -0.39 is 0 Å². The van der Waals surface area contributed by atoms with Crippen LogP contribution in [-0.2, 0) is 0 Å². The zero-order valence-corrected chi connectivity index (χ0v) is 13.4. The van der Waals surface area contributed by atoms with Crippen molar-refractivity contribution in [1.29, 1.82) is 0 Å². The number of carbonyl (C=O) groups excluding carboxylic acids is 1. The molecule has 0 spiro atoms. The number of hydrazine groups is 1. The van der Waals surface area contributed by atoms with Crippen molar-refractivity contribution in [2.24, 2.45) is 5.84 Å². The fourth-order valence-corrected chi connectivity index (χ4v) is 2.77. The van der Waals surface area contributed by atoms with Gasteiger partial charge in [0.05, 0.1) is 11.6 Å². The summed E-state index contributed by atoms with van der Waals surface area (Å²) in [7, 11) is 0. The predicted octanol–water partition coefficient (Wildman–Crippen LogP) is 2.39. The number of nitrogen functional groups attached to an aromatic ring is 1. The molecule has 4 N–H and O–H groups in total. The Hall–Kier alpha value is -1.51. The van der Waals surface area contributed by atoms with E-state index in [1.54, 1.807) is 12.3 Å². The van der Waals surface area contributed by atoms with E-state index in [1.165, 1.54) is 11.3 Å². The molecule has 2 aromatic rings. The number of nitrogens with two attached hydrogens (primary N) is 1. The topological polar surface area (TPSA) is 92.9 Å². The molecule has 0 saturated carbocycles. The normalized spacial score (nSPS) is 12.0. The highest BCUT2D eigenvalue weighted by molar-refractivity contribution is 9.10. The van der Waals surface area contributed by atoms with E-state index in [2.05, 4.69) is 36.6 Å². The van der Waals surface area contributed by atoms with E-state index in [0.717, 1.165) is 10.7 Å². The molecule has 2 heterocycles. The summed E-state index contributed by atoms with van der Waals surface area (Å²) >= 11 is 4.80. The minimum atomic E-state index is -0.257. The summed E-state index contributed by atoms with van der Waals surface area (Å²) in [6, 6.07) is 1.49. The van der Waals surface area contributed by atoms with E-state index in [4.69, 9.17) is 5.84 Å². The van der Waals surface area contributed by atoms with Gasteiger partial charge >= 0.3 is 0 Å². The van der Waals surface area contributed by atoms with Crippen molar-refractivity contribution < 1.29 is 4.79 Å². The van der Waals surface area contributed by atoms with Gasteiger partial charge in [0, 0.05) is 21.7 Å². The third kappa shape index (κ3) is 3.33. The van der Waals surface area contributed by atoms with Gasteiger partial charge in [0.15, 0.2) is 5.82 Å². The van der Waals surface area contributed by atoms with Gasteiger partial charge in [0.25, 0.3) is 5.91 Å². The van der Waals surface area contributed by atoms with Crippen molar-refractivity contribution in [3.63, 3.8) is 0 Å². The minimum absolute atomic E-state index is 0.175. The number of nitrogens with zero attached hydrogens (tertiary/aromatic N) is 2. The number of nitrogens with one attached hydrogen (secondary N) is 2. The largest absolute Gasteiger partial charge is 0.343 e. The van der Waals surface area contributed by atoms with Crippen LogP contribution >= 0.6 is 27.3 Å². The molecule has 0 bridgehead atoms. The molecule has 0 aliphatic rings. The molecule has 106 valence electrons. The number of carbonyl (C=O) groups is 1. The SMILES string of the molecule is Cc1csc(C(C)NC(=O)c2cc(Br)cnc2NN)n1. The first kappa shape index (κ1) is 14.9. The molecule has 0 fully saturated rings. The highest BCUT2D eigenvalue weighted by atomic mass is 79.9. The molecule has 2 rings (SSSR count). The molecular weight excluding hydrogens is 342 g/mol. The summed E-state index contributed by atoms with van der Waals surface area (Å²) in [6.45, 7) is 3.81. The summed E-state index contributed by atoms with van der Waals surface area (Å²) in [5, 5.41) is 5.69. The average Bonchev–Trinajstić information content (AvgIpc) is 2.85. The first-order valence-electron chi connectivity index (χ1n) is 5.86. The van der Waals surface area contributed by atoms with Crippen LogP contribution in [0.5, 0.6) is 0 Å². The van der Waals surface area contributed by atoms with Gasteiger partial charge in [-0.3, -0.25) is 4.79 Å². The van der Waals surface area contributed by atoms with Crippen LogP contribution in [0.15, 0.2) is 22.1 Å². The van der Waals surface area contributed by atoms with Gasteiger partial charge in [0.2, 0.25) is 0 Å². The van der Waals surface area contributed by atoms with Crippen LogP contribution in [0.3, 0.4) is 0 Å². The Balaban J connectivity index is 2.18. The van der Waals surface area contributed by atoms with Gasteiger partial charge in [-0.25, -0.2) is 15.8 Å². The molecule has 1 unspecified atom stereocenters. The fraction of sp³-hybridized carbons (Fsp3) is 0.250. The number of thiazole rings is 1. The summed E-state index contributed by atoms with van der Waals surface area (Å²) in [5.74, 6) is 5.44. The standard InChI is InChI=1S/C12H14BrN5OS/c1-6-5-20-12(16-6)7(2)17-11(19)9-3-8(13)4-15-10(9)18-14/h3-5,7H,14H2,1-2H3,(H,15,18)(H,17,19). The van der Waals surface area contributed by atoms with Crippen LogP contribution in [0.25, 0.3) is 0 Å². The van der Waals surface area contributed by atoms with Crippen molar-refractivity contribution in [2.45, 2.75) is 19.9 Å². The van der Waals surface area contributed by atoms with Crippen molar-refractivity contribution >= 4 is 39.0 Å². The average molecular weight is 356 g/mol. The second kappa shape index (κ2) is 6.29. The van der Waals surface area contributed by atoms with Gasteiger partial charge in [-0.1, -0.05) is 0 Å². The zero-order chi connectivity index (χ0) is 14.7. The second-order valence-electron chi connectivity index (χ2n) is 4.22. The molecular formula is C12H14BrN5OS. The predicted molar refractivity (Wildman–Crippen MR) is 82.5 cm³/mol. The minimum Gasteiger partial charge on any atom is -0.343 e. The van der Waals surface area contributed by atoms with Gasteiger partial charge in [-0.15, -0.1) is 11.3 Å². The Morgan fingerprint density at radius 2 is 2.30 bits per heavy atom. The third-order valence-corrected chi connectivity index (χ3v) is 4.17. The van der Waals surface area contributed by atoms with Crippen molar-refractivity contribution in [2.75, 3.05) is 5.43 Å². The molecule has 6 nitrogen and oxygen atoms in total. The first-order valence-corrected chi connectivity index (χ1v) is 7.53. The van der Waals surface area contributed by atoms with Crippen molar-refractivity contribution in [1.82, 2.24) is 15.3 Å². The van der Waals surface area contributed by atoms with E-state index in [9.17, 15) is 4.79 Å². The number of anilines is 1. The fourth-order valence-electron chi connectivity index (χ4n) is 1.63. The third-order valence-electron chi connectivity index (χ3n) is 2.59.